The Bertz CT molecular complexity index is 1290. The lowest BCUT2D eigenvalue weighted by Crippen LogP contribution is -1.94. The monoisotopic (exact) mass is 438 g/mol. The molecular formula is C30H24ClF. The van der Waals surface area contributed by atoms with Gasteiger partial charge in [-0.1, -0.05) is 78.0 Å². The molecule has 0 amide bonds. The van der Waals surface area contributed by atoms with Gasteiger partial charge in [0.25, 0.3) is 0 Å². The summed E-state index contributed by atoms with van der Waals surface area (Å²) >= 11 is 5.90. The second kappa shape index (κ2) is 10.3. The van der Waals surface area contributed by atoms with Gasteiger partial charge in [-0.15, -0.1) is 6.58 Å². The van der Waals surface area contributed by atoms with Gasteiger partial charge in [0.1, 0.15) is 5.82 Å². The van der Waals surface area contributed by atoms with Crippen molar-refractivity contribution in [2.45, 2.75) is 25.7 Å². The van der Waals surface area contributed by atoms with Gasteiger partial charge in [0, 0.05) is 16.0 Å². The van der Waals surface area contributed by atoms with Crippen molar-refractivity contribution < 1.29 is 4.39 Å². The van der Waals surface area contributed by atoms with Crippen molar-refractivity contribution in [3.8, 4) is 11.8 Å². The van der Waals surface area contributed by atoms with E-state index in [1.54, 1.807) is 18.2 Å². The van der Waals surface area contributed by atoms with Crippen molar-refractivity contribution in [2.75, 3.05) is 0 Å². The van der Waals surface area contributed by atoms with Crippen LogP contribution < -0.4 is 0 Å². The Kier molecular flexibility index (Phi) is 7.05. The first-order valence-electron chi connectivity index (χ1n) is 10.8. The van der Waals surface area contributed by atoms with Crippen LogP contribution in [0.4, 0.5) is 4.39 Å². The number of fused-ring (bicyclic) bond motifs is 1. The van der Waals surface area contributed by atoms with E-state index in [2.05, 4.69) is 48.8 Å². The molecule has 32 heavy (non-hydrogen) atoms. The molecule has 0 fully saturated rings. The molecule has 0 N–H and O–H groups in total. The lowest BCUT2D eigenvalue weighted by molar-refractivity contribution is 0.636. The lowest BCUT2D eigenvalue weighted by atomic mass is 9.98. The van der Waals surface area contributed by atoms with Gasteiger partial charge in [0.2, 0.25) is 0 Å². The third-order valence-corrected chi connectivity index (χ3v) is 5.82. The number of aryl methyl sites for hydroxylation is 3. The molecule has 4 aromatic carbocycles. The summed E-state index contributed by atoms with van der Waals surface area (Å²) in [5.74, 6) is 5.68. The molecule has 4 rings (SSSR count). The minimum absolute atomic E-state index is 0.273. The van der Waals surface area contributed by atoms with Crippen LogP contribution >= 0.6 is 11.6 Å². The van der Waals surface area contributed by atoms with Crippen LogP contribution in [-0.4, -0.2) is 0 Å². The highest BCUT2D eigenvalue weighted by atomic mass is 35.5. The Morgan fingerprint density at radius 3 is 2.12 bits per heavy atom. The smallest absolute Gasteiger partial charge is 0.146 e. The molecule has 0 heterocycles. The molecule has 0 aliphatic rings. The maximum Gasteiger partial charge on any atom is 0.146 e. The summed E-state index contributed by atoms with van der Waals surface area (Å²) in [7, 11) is 0. The van der Waals surface area contributed by atoms with Crippen molar-refractivity contribution in [2.24, 2.45) is 0 Å². The van der Waals surface area contributed by atoms with Gasteiger partial charge in [0.15, 0.2) is 0 Å². The van der Waals surface area contributed by atoms with Crippen LogP contribution in [0.1, 0.15) is 34.2 Å². The highest BCUT2D eigenvalue weighted by Crippen LogP contribution is 2.23. The number of hydrogen-bond acceptors (Lipinski definition) is 0. The molecule has 158 valence electrons. The molecule has 0 saturated carbocycles. The minimum atomic E-state index is -0.273. The Morgan fingerprint density at radius 1 is 0.750 bits per heavy atom. The second-order valence-electron chi connectivity index (χ2n) is 7.88. The number of benzene rings is 4. The van der Waals surface area contributed by atoms with Crippen LogP contribution in [0, 0.1) is 17.7 Å². The highest BCUT2D eigenvalue weighted by molar-refractivity contribution is 6.30. The molecule has 4 aromatic rings. The average molecular weight is 439 g/mol. The van der Waals surface area contributed by atoms with Crippen LogP contribution in [0.15, 0.2) is 91.5 Å². The zero-order valence-electron chi connectivity index (χ0n) is 17.9. The lowest BCUT2D eigenvalue weighted by Gasteiger charge is -2.07. The van der Waals surface area contributed by atoms with Crippen LogP contribution in [0.25, 0.3) is 10.8 Å². The summed E-state index contributed by atoms with van der Waals surface area (Å²) in [6, 6.07) is 25.7. The Labute approximate surface area is 194 Å². The van der Waals surface area contributed by atoms with Gasteiger partial charge in [-0.25, -0.2) is 4.39 Å². The Balaban J connectivity index is 1.47. The molecular weight excluding hydrogens is 415 g/mol. The van der Waals surface area contributed by atoms with Crippen LogP contribution in [-0.2, 0) is 19.3 Å². The zero-order valence-corrected chi connectivity index (χ0v) is 18.6. The maximum atomic E-state index is 15.0. The van der Waals surface area contributed by atoms with Gasteiger partial charge in [-0.3, -0.25) is 0 Å². The molecule has 0 saturated heterocycles. The van der Waals surface area contributed by atoms with Gasteiger partial charge >= 0.3 is 0 Å². The number of rotatable bonds is 6. The predicted octanol–water partition coefficient (Wildman–Crippen LogP) is 7.94. The number of hydrogen-bond donors (Lipinski definition) is 0. The minimum Gasteiger partial charge on any atom is -0.205 e. The van der Waals surface area contributed by atoms with E-state index in [-0.39, 0.29) is 5.82 Å². The molecule has 2 heteroatoms. The fourth-order valence-corrected chi connectivity index (χ4v) is 3.82. The van der Waals surface area contributed by atoms with E-state index in [4.69, 9.17) is 11.6 Å². The van der Waals surface area contributed by atoms with Crippen molar-refractivity contribution in [1.29, 1.82) is 0 Å². The van der Waals surface area contributed by atoms with E-state index >= 15 is 4.39 Å². The largest absolute Gasteiger partial charge is 0.205 e. The van der Waals surface area contributed by atoms with Crippen molar-refractivity contribution in [1.82, 2.24) is 0 Å². The topological polar surface area (TPSA) is 0 Å². The maximum absolute atomic E-state index is 15.0. The van der Waals surface area contributed by atoms with Gasteiger partial charge in [-0.2, -0.15) is 0 Å². The summed E-state index contributed by atoms with van der Waals surface area (Å²) in [5, 5.41) is 2.16. The fraction of sp³-hybridized carbons (Fsp3) is 0.133. The third kappa shape index (κ3) is 5.47. The standard InChI is InChI=1S/C30H24ClF/c1-2-3-4-22-5-7-23(8-6-22)9-10-25-14-20-29-27(21-25)17-16-26(30(29)32)15-11-24-12-18-28(31)19-13-24/h2,5-8,12-14,16-21H,1,3-4,9-10H2. The molecule has 0 aromatic heterocycles. The van der Waals surface area contributed by atoms with Crippen molar-refractivity contribution >= 4 is 22.4 Å². The first kappa shape index (κ1) is 21.9. The summed E-state index contributed by atoms with van der Waals surface area (Å²) < 4.78 is 15.0. The van der Waals surface area contributed by atoms with Gasteiger partial charge in [-0.05, 0) is 78.1 Å². The van der Waals surface area contributed by atoms with E-state index in [0.717, 1.165) is 36.6 Å². The summed E-state index contributed by atoms with van der Waals surface area (Å²) in [6.07, 6.45) is 5.86. The SMILES string of the molecule is C=CCCc1ccc(CCc2ccc3c(F)c(C#Cc4ccc(Cl)cc4)ccc3c2)cc1. The van der Waals surface area contributed by atoms with E-state index in [1.807, 2.05) is 36.4 Å². The molecule has 0 spiro atoms. The number of allylic oxidation sites excluding steroid dienone is 1. The molecule has 0 aliphatic carbocycles. The van der Waals surface area contributed by atoms with E-state index in [9.17, 15) is 0 Å². The molecule has 0 nitrogen and oxygen atoms in total. The van der Waals surface area contributed by atoms with E-state index in [0.29, 0.717) is 16.0 Å². The van der Waals surface area contributed by atoms with Gasteiger partial charge < -0.3 is 0 Å². The first-order chi connectivity index (χ1) is 15.6. The fourth-order valence-electron chi connectivity index (χ4n) is 3.70. The highest BCUT2D eigenvalue weighted by Gasteiger charge is 2.07. The summed E-state index contributed by atoms with van der Waals surface area (Å²) in [6.45, 7) is 3.78. The molecule has 0 radical (unpaired) electrons. The number of halogens is 2. The Hall–Kier alpha value is -3.34. The predicted molar refractivity (Wildman–Crippen MR) is 134 cm³/mol. The summed E-state index contributed by atoms with van der Waals surface area (Å²) in [4.78, 5) is 0. The second-order valence-corrected chi connectivity index (χ2v) is 8.32. The molecule has 0 aliphatic heterocycles. The quantitative estimate of drug-likeness (QED) is 0.212. The molecule has 0 unspecified atom stereocenters. The van der Waals surface area contributed by atoms with Crippen LogP contribution in [0.5, 0.6) is 0 Å². The first-order valence-corrected chi connectivity index (χ1v) is 11.2. The van der Waals surface area contributed by atoms with Crippen LogP contribution in [0.2, 0.25) is 5.02 Å². The van der Waals surface area contributed by atoms with Crippen molar-refractivity contribution in [3.05, 3.63) is 130 Å². The molecule has 0 atom stereocenters. The summed E-state index contributed by atoms with van der Waals surface area (Å²) in [5.41, 5.74) is 5.05. The van der Waals surface area contributed by atoms with E-state index < -0.39 is 0 Å². The normalized spacial score (nSPS) is 10.6. The van der Waals surface area contributed by atoms with E-state index in [1.165, 1.54) is 16.7 Å². The Morgan fingerprint density at radius 2 is 1.41 bits per heavy atom. The average Bonchev–Trinajstić information content (AvgIpc) is 2.82. The third-order valence-electron chi connectivity index (χ3n) is 5.57. The van der Waals surface area contributed by atoms with Crippen LogP contribution in [0.3, 0.4) is 0 Å². The zero-order chi connectivity index (χ0) is 22.3. The van der Waals surface area contributed by atoms with Crippen molar-refractivity contribution in [3.63, 3.8) is 0 Å². The van der Waals surface area contributed by atoms with Gasteiger partial charge in [0.05, 0.1) is 5.56 Å². The molecule has 0 bridgehead atoms.